The van der Waals surface area contributed by atoms with Gasteiger partial charge in [-0.3, -0.25) is 4.55 Å². The number of azo groups is 2. The van der Waals surface area contributed by atoms with Gasteiger partial charge < -0.3 is 5.11 Å². The molecule has 0 aliphatic carbocycles. The number of hydrogen-bond acceptors (Lipinski definition) is 7. The van der Waals surface area contributed by atoms with Crippen molar-refractivity contribution < 1.29 is 18.1 Å². The van der Waals surface area contributed by atoms with E-state index in [1.165, 1.54) is 24.3 Å². The predicted octanol–water partition coefficient (Wildman–Crippen LogP) is 6.24. The van der Waals surface area contributed by atoms with E-state index in [1.807, 2.05) is 30.3 Å². The largest absolute Gasteiger partial charge is 0.506 e. The van der Waals surface area contributed by atoms with E-state index in [4.69, 9.17) is 4.55 Å². The van der Waals surface area contributed by atoms with E-state index in [1.54, 1.807) is 30.3 Å². The van der Waals surface area contributed by atoms with Crippen molar-refractivity contribution in [1.29, 1.82) is 0 Å². The Morgan fingerprint density at radius 2 is 1.12 bits per heavy atom. The average molecular weight is 455 g/mol. The summed E-state index contributed by atoms with van der Waals surface area (Å²) in [5.74, 6) is 0.0490. The van der Waals surface area contributed by atoms with Crippen molar-refractivity contribution in [1.82, 2.24) is 0 Å². The summed E-state index contributed by atoms with van der Waals surface area (Å²) < 4.78 is 31.1. The van der Waals surface area contributed by atoms with E-state index in [-0.39, 0.29) is 40.2 Å². The van der Waals surface area contributed by atoms with Crippen LogP contribution in [0, 0.1) is 0 Å². The number of phenolic OH excluding ortho intramolecular Hbond substituents is 1. The first kappa shape index (κ1) is 23.7. The van der Waals surface area contributed by atoms with Gasteiger partial charge in [-0.05, 0) is 60.0 Å². The van der Waals surface area contributed by atoms with Crippen LogP contribution in [0.3, 0.4) is 0 Å². The van der Waals surface area contributed by atoms with Crippen LogP contribution in [0.25, 0.3) is 10.8 Å². The van der Waals surface area contributed by atoms with Crippen LogP contribution >= 0.6 is 0 Å². The first-order chi connectivity index (χ1) is 14.9. The molecule has 0 spiro atoms. The molecular weight excluding hydrogens is 439 g/mol. The molecule has 155 valence electrons. The first-order valence-electron chi connectivity index (χ1n) is 9.12. The summed E-state index contributed by atoms with van der Waals surface area (Å²) in [5, 5.41) is 28.4. The predicted molar refractivity (Wildman–Crippen MR) is 122 cm³/mol. The molecule has 2 N–H and O–H groups in total. The van der Waals surface area contributed by atoms with E-state index in [9.17, 15) is 13.5 Å². The Hall–Kier alpha value is -2.95. The fourth-order valence-corrected chi connectivity index (χ4v) is 3.32. The Morgan fingerprint density at radius 3 is 1.69 bits per heavy atom. The number of benzene rings is 4. The molecule has 0 amide bonds. The number of aromatic hydroxyl groups is 1. The zero-order valence-corrected chi connectivity index (χ0v) is 19.8. The van der Waals surface area contributed by atoms with Crippen molar-refractivity contribution in [3.8, 4) is 5.75 Å². The van der Waals surface area contributed by atoms with Crippen LogP contribution in [0.4, 0.5) is 22.7 Å². The van der Waals surface area contributed by atoms with Crippen LogP contribution in [-0.2, 0) is 10.1 Å². The Bertz CT molecular complexity index is 1400. The minimum Gasteiger partial charge on any atom is -0.506 e. The van der Waals surface area contributed by atoms with Gasteiger partial charge in [-0.15, -0.1) is 5.11 Å². The molecule has 0 saturated heterocycles. The minimum absolute atomic E-state index is 0. The molecule has 0 heterocycles. The van der Waals surface area contributed by atoms with Crippen molar-refractivity contribution in [2.45, 2.75) is 4.90 Å². The summed E-state index contributed by atoms with van der Waals surface area (Å²) in [6.45, 7) is 0. The summed E-state index contributed by atoms with van der Waals surface area (Å²) >= 11 is 0. The van der Waals surface area contributed by atoms with Crippen molar-refractivity contribution >= 4 is 73.2 Å². The molecule has 4 aromatic rings. The van der Waals surface area contributed by atoms with Gasteiger partial charge in [0.15, 0.2) is 0 Å². The van der Waals surface area contributed by atoms with Gasteiger partial charge in [-0.2, -0.15) is 23.8 Å². The third kappa shape index (κ3) is 5.64. The number of rotatable bonds is 5. The second-order valence-corrected chi connectivity index (χ2v) is 7.96. The third-order valence-corrected chi connectivity index (χ3v) is 5.28. The SMILES string of the molecule is O=S(=O)(O)c1ccc(N=Nc2ccc(N=Nc3c(O)ccc4ccccc34)cc2)cc1.[Na]. The monoisotopic (exact) mass is 455 g/mol. The van der Waals surface area contributed by atoms with Crippen LogP contribution in [0.5, 0.6) is 5.75 Å². The van der Waals surface area contributed by atoms with Gasteiger partial charge in [0.1, 0.15) is 11.4 Å². The molecule has 0 aromatic heterocycles. The fourth-order valence-electron chi connectivity index (χ4n) is 2.84. The molecule has 0 atom stereocenters. The molecule has 4 rings (SSSR count). The van der Waals surface area contributed by atoms with Crippen LogP contribution in [0.2, 0.25) is 0 Å². The number of fused-ring (bicyclic) bond motifs is 1. The summed E-state index contributed by atoms with van der Waals surface area (Å²) in [7, 11) is -4.24. The van der Waals surface area contributed by atoms with Gasteiger partial charge in [0.05, 0.1) is 22.0 Å². The maximum absolute atomic E-state index is 11.1. The van der Waals surface area contributed by atoms with E-state index >= 15 is 0 Å². The summed E-state index contributed by atoms with van der Waals surface area (Å²) in [6.07, 6.45) is 0. The topological polar surface area (TPSA) is 124 Å². The van der Waals surface area contributed by atoms with E-state index in [2.05, 4.69) is 20.5 Å². The van der Waals surface area contributed by atoms with Gasteiger partial charge in [0.25, 0.3) is 10.1 Å². The first-order valence-corrected chi connectivity index (χ1v) is 10.6. The number of hydrogen-bond donors (Lipinski definition) is 2. The van der Waals surface area contributed by atoms with Crippen LogP contribution in [0.1, 0.15) is 0 Å². The van der Waals surface area contributed by atoms with E-state index < -0.39 is 10.1 Å². The Morgan fingerprint density at radius 1 is 0.625 bits per heavy atom. The number of nitrogens with zero attached hydrogens (tertiary/aromatic N) is 4. The second kappa shape index (κ2) is 10.1. The standard InChI is InChI=1S/C22H16N4O4S.Na/c27-21-14-5-15-3-1-2-4-20(15)22(21)26-25-17-8-6-16(7-9-17)23-24-18-10-12-19(13-11-18)31(28,29)30;/h1-14,27H,(H,28,29,30);. The third-order valence-electron chi connectivity index (χ3n) is 4.41. The second-order valence-electron chi connectivity index (χ2n) is 6.54. The molecule has 0 unspecified atom stereocenters. The van der Waals surface area contributed by atoms with Crippen molar-refractivity contribution in [2.75, 3.05) is 0 Å². The molecular formula is C22H16N4NaO4S. The summed E-state index contributed by atoms with van der Waals surface area (Å²) in [4.78, 5) is -0.210. The zero-order valence-electron chi connectivity index (χ0n) is 17.0. The summed E-state index contributed by atoms with van der Waals surface area (Å²) in [5.41, 5.74) is 1.97. The molecule has 10 heteroatoms. The Balaban J connectivity index is 0.00000289. The van der Waals surface area contributed by atoms with Crippen LogP contribution in [-0.4, -0.2) is 47.6 Å². The Labute approximate surface area is 206 Å². The smallest absolute Gasteiger partial charge is 0.294 e. The molecule has 0 aliphatic heterocycles. The van der Waals surface area contributed by atoms with Gasteiger partial charge in [0, 0.05) is 34.9 Å². The van der Waals surface area contributed by atoms with Crippen molar-refractivity contribution in [3.05, 3.63) is 84.9 Å². The quantitative estimate of drug-likeness (QED) is 0.210. The Kier molecular flexibility index (Phi) is 7.49. The minimum atomic E-state index is -4.24. The van der Waals surface area contributed by atoms with Crippen molar-refractivity contribution in [3.63, 3.8) is 0 Å². The van der Waals surface area contributed by atoms with Gasteiger partial charge >= 0.3 is 0 Å². The zero-order chi connectivity index (χ0) is 21.8. The van der Waals surface area contributed by atoms with Gasteiger partial charge in [-0.25, -0.2) is 0 Å². The molecule has 8 nitrogen and oxygen atoms in total. The molecule has 0 aliphatic rings. The molecule has 1 radical (unpaired) electrons. The molecule has 4 aromatic carbocycles. The molecule has 0 bridgehead atoms. The van der Waals surface area contributed by atoms with E-state index in [0.29, 0.717) is 22.7 Å². The fraction of sp³-hybridized carbons (Fsp3) is 0. The van der Waals surface area contributed by atoms with Gasteiger partial charge in [-0.1, -0.05) is 30.3 Å². The maximum atomic E-state index is 11.1. The molecule has 32 heavy (non-hydrogen) atoms. The summed E-state index contributed by atoms with van der Waals surface area (Å²) in [6, 6.07) is 23.2. The normalized spacial score (nSPS) is 11.8. The van der Waals surface area contributed by atoms with Crippen molar-refractivity contribution in [2.24, 2.45) is 20.5 Å². The molecule has 0 fully saturated rings. The maximum Gasteiger partial charge on any atom is 0.294 e. The number of phenols is 1. The van der Waals surface area contributed by atoms with Crippen LogP contribution in [0.15, 0.2) is 110 Å². The van der Waals surface area contributed by atoms with Gasteiger partial charge in [0.2, 0.25) is 0 Å². The van der Waals surface area contributed by atoms with Crippen LogP contribution < -0.4 is 0 Å². The van der Waals surface area contributed by atoms with E-state index in [0.717, 1.165) is 10.8 Å². The average Bonchev–Trinajstić information content (AvgIpc) is 2.77. The molecule has 0 saturated carbocycles.